The van der Waals surface area contributed by atoms with Crippen LogP contribution in [0, 0.1) is 0 Å². The van der Waals surface area contributed by atoms with Gasteiger partial charge >= 0.3 is 0 Å². The first-order valence-corrected chi connectivity index (χ1v) is 6.12. The monoisotopic (exact) mass is 233 g/mol. The predicted octanol–water partition coefficient (Wildman–Crippen LogP) is 2.63. The lowest BCUT2D eigenvalue weighted by Crippen LogP contribution is -2.39. The Morgan fingerprint density at radius 3 is 2.59 bits per heavy atom. The van der Waals surface area contributed by atoms with Gasteiger partial charge in [-0.05, 0) is 30.5 Å². The van der Waals surface area contributed by atoms with Crippen LogP contribution in [0.15, 0.2) is 18.2 Å². The van der Waals surface area contributed by atoms with Crippen LogP contribution in [0.3, 0.4) is 0 Å². The molecule has 0 bridgehead atoms. The number of rotatable bonds is 3. The van der Waals surface area contributed by atoms with Gasteiger partial charge in [0.1, 0.15) is 5.75 Å². The van der Waals surface area contributed by atoms with E-state index in [2.05, 4.69) is 0 Å². The van der Waals surface area contributed by atoms with Gasteiger partial charge in [-0.2, -0.15) is 0 Å². The van der Waals surface area contributed by atoms with Crippen LogP contribution in [0.5, 0.6) is 5.75 Å². The molecule has 2 rings (SSSR count). The lowest BCUT2D eigenvalue weighted by Gasteiger charge is -2.34. The van der Waals surface area contributed by atoms with Gasteiger partial charge in [-0.25, -0.2) is 0 Å². The molecule has 0 unspecified atom stereocenters. The zero-order chi connectivity index (χ0) is 12.3. The highest BCUT2D eigenvalue weighted by molar-refractivity contribution is 5.79. The number of hydrogen-bond donors (Lipinski definition) is 1. The third kappa shape index (κ3) is 2.34. The molecule has 2 N–H and O–H groups in total. The van der Waals surface area contributed by atoms with E-state index in [1.807, 2.05) is 12.1 Å². The standard InChI is InChI=1S/C14H19NO2/c1-17-12-5-6-13(11(9-12)10-16)14(15)7-3-2-4-8-14/h5-6,9-10H,2-4,7-8,15H2,1H3. The molecule has 1 aromatic carbocycles. The zero-order valence-electron chi connectivity index (χ0n) is 10.2. The van der Waals surface area contributed by atoms with E-state index in [-0.39, 0.29) is 5.54 Å². The third-order valence-electron chi connectivity index (χ3n) is 3.67. The molecule has 0 heterocycles. The molecule has 0 spiro atoms. The van der Waals surface area contributed by atoms with Gasteiger partial charge in [-0.15, -0.1) is 0 Å². The first-order chi connectivity index (χ1) is 8.19. The lowest BCUT2D eigenvalue weighted by atomic mass is 9.76. The molecule has 0 saturated heterocycles. The molecule has 1 aliphatic carbocycles. The molecule has 0 aliphatic heterocycles. The van der Waals surface area contributed by atoms with Crippen LogP contribution in [-0.2, 0) is 5.54 Å². The maximum absolute atomic E-state index is 11.2. The lowest BCUT2D eigenvalue weighted by molar-refractivity contribution is 0.111. The van der Waals surface area contributed by atoms with E-state index in [1.165, 1.54) is 6.42 Å². The summed E-state index contributed by atoms with van der Waals surface area (Å²) >= 11 is 0. The first kappa shape index (κ1) is 12.1. The van der Waals surface area contributed by atoms with Crippen LogP contribution in [0.25, 0.3) is 0 Å². The molecule has 0 radical (unpaired) electrons. The number of carbonyl (C=O) groups is 1. The summed E-state index contributed by atoms with van der Waals surface area (Å²) < 4.78 is 5.13. The largest absolute Gasteiger partial charge is 0.497 e. The molecule has 1 aromatic rings. The Bertz CT molecular complexity index is 409. The van der Waals surface area contributed by atoms with Crippen molar-refractivity contribution in [3.63, 3.8) is 0 Å². The van der Waals surface area contributed by atoms with Crippen LogP contribution >= 0.6 is 0 Å². The van der Waals surface area contributed by atoms with Crippen LogP contribution < -0.4 is 10.5 Å². The zero-order valence-corrected chi connectivity index (χ0v) is 10.2. The van der Waals surface area contributed by atoms with Gasteiger partial charge in [-0.3, -0.25) is 4.79 Å². The molecule has 1 saturated carbocycles. The average Bonchev–Trinajstić information content (AvgIpc) is 2.38. The molecule has 3 heteroatoms. The highest BCUT2D eigenvalue weighted by Crippen LogP contribution is 2.36. The number of carbonyl (C=O) groups excluding carboxylic acids is 1. The summed E-state index contributed by atoms with van der Waals surface area (Å²) in [5, 5.41) is 0. The highest BCUT2D eigenvalue weighted by Gasteiger charge is 2.31. The molecule has 1 fully saturated rings. The van der Waals surface area contributed by atoms with E-state index in [9.17, 15) is 4.79 Å². The Kier molecular flexibility index (Phi) is 3.48. The third-order valence-corrected chi connectivity index (χ3v) is 3.67. The number of nitrogens with two attached hydrogens (primary N) is 1. The van der Waals surface area contributed by atoms with Crippen molar-refractivity contribution in [1.82, 2.24) is 0 Å². The Morgan fingerprint density at radius 1 is 1.29 bits per heavy atom. The second-order valence-electron chi connectivity index (χ2n) is 4.79. The normalized spacial score (nSPS) is 18.7. The van der Waals surface area contributed by atoms with Crippen LogP contribution in [0.2, 0.25) is 0 Å². The molecule has 92 valence electrons. The molecule has 0 aromatic heterocycles. The summed E-state index contributed by atoms with van der Waals surface area (Å²) in [6.45, 7) is 0. The SMILES string of the molecule is COc1ccc(C2(N)CCCCC2)c(C=O)c1. The van der Waals surface area contributed by atoms with Crippen LogP contribution in [0.1, 0.15) is 48.0 Å². The van der Waals surface area contributed by atoms with Gasteiger partial charge < -0.3 is 10.5 Å². The van der Waals surface area contributed by atoms with Gasteiger partial charge in [-0.1, -0.05) is 25.3 Å². The Balaban J connectivity index is 2.39. The fraction of sp³-hybridized carbons (Fsp3) is 0.500. The Labute approximate surface area is 102 Å². The fourth-order valence-electron chi connectivity index (χ4n) is 2.67. The van der Waals surface area contributed by atoms with Crippen molar-refractivity contribution in [2.45, 2.75) is 37.6 Å². The summed E-state index contributed by atoms with van der Waals surface area (Å²) in [6, 6.07) is 5.59. The van der Waals surface area contributed by atoms with Gasteiger partial charge in [0.15, 0.2) is 6.29 Å². The molecule has 0 atom stereocenters. The number of aldehydes is 1. The molecule has 0 amide bonds. The Morgan fingerprint density at radius 2 is 2.00 bits per heavy atom. The van der Waals surface area contributed by atoms with Crippen molar-refractivity contribution in [3.05, 3.63) is 29.3 Å². The quantitative estimate of drug-likeness (QED) is 0.816. The van der Waals surface area contributed by atoms with Gasteiger partial charge in [0.2, 0.25) is 0 Å². The van der Waals surface area contributed by atoms with E-state index < -0.39 is 0 Å². The first-order valence-electron chi connectivity index (χ1n) is 6.12. The summed E-state index contributed by atoms with van der Waals surface area (Å²) in [6.07, 6.45) is 6.31. The summed E-state index contributed by atoms with van der Waals surface area (Å²) in [7, 11) is 1.60. The smallest absolute Gasteiger partial charge is 0.150 e. The van der Waals surface area contributed by atoms with Crippen LogP contribution in [0.4, 0.5) is 0 Å². The van der Waals surface area contributed by atoms with Crippen molar-refractivity contribution in [1.29, 1.82) is 0 Å². The fourth-order valence-corrected chi connectivity index (χ4v) is 2.67. The number of benzene rings is 1. The van der Waals surface area contributed by atoms with Crippen molar-refractivity contribution in [2.75, 3.05) is 7.11 Å². The van der Waals surface area contributed by atoms with E-state index in [0.717, 1.165) is 37.5 Å². The number of methoxy groups -OCH3 is 1. The molecule has 3 nitrogen and oxygen atoms in total. The molecular formula is C14H19NO2. The van der Waals surface area contributed by atoms with Gasteiger partial charge in [0.05, 0.1) is 7.11 Å². The van der Waals surface area contributed by atoms with E-state index >= 15 is 0 Å². The van der Waals surface area contributed by atoms with Gasteiger partial charge in [0, 0.05) is 11.1 Å². The van der Waals surface area contributed by atoms with E-state index in [4.69, 9.17) is 10.5 Å². The molecule has 1 aliphatic rings. The second kappa shape index (κ2) is 4.88. The van der Waals surface area contributed by atoms with E-state index in [0.29, 0.717) is 11.3 Å². The summed E-state index contributed by atoms with van der Waals surface area (Å²) in [5.74, 6) is 0.704. The van der Waals surface area contributed by atoms with Crippen LogP contribution in [-0.4, -0.2) is 13.4 Å². The van der Waals surface area contributed by atoms with Crippen molar-refractivity contribution in [2.24, 2.45) is 5.73 Å². The maximum Gasteiger partial charge on any atom is 0.150 e. The molecule has 17 heavy (non-hydrogen) atoms. The maximum atomic E-state index is 11.2. The average molecular weight is 233 g/mol. The minimum absolute atomic E-state index is 0.333. The number of hydrogen-bond acceptors (Lipinski definition) is 3. The van der Waals surface area contributed by atoms with Crippen molar-refractivity contribution >= 4 is 6.29 Å². The minimum atomic E-state index is -0.333. The van der Waals surface area contributed by atoms with Gasteiger partial charge in [0.25, 0.3) is 0 Å². The highest BCUT2D eigenvalue weighted by atomic mass is 16.5. The van der Waals surface area contributed by atoms with Crippen molar-refractivity contribution in [3.8, 4) is 5.75 Å². The molecular weight excluding hydrogens is 214 g/mol. The predicted molar refractivity (Wildman–Crippen MR) is 67.3 cm³/mol. The summed E-state index contributed by atoms with van der Waals surface area (Å²) in [4.78, 5) is 11.2. The minimum Gasteiger partial charge on any atom is -0.497 e. The topological polar surface area (TPSA) is 52.3 Å². The summed E-state index contributed by atoms with van der Waals surface area (Å²) in [5.41, 5.74) is 7.74. The second-order valence-corrected chi connectivity index (χ2v) is 4.79. The van der Waals surface area contributed by atoms with E-state index in [1.54, 1.807) is 13.2 Å². The Hall–Kier alpha value is -1.35. The van der Waals surface area contributed by atoms with Crippen molar-refractivity contribution < 1.29 is 9.53 Å². The number of ether oxygens (including phenoxy) is 1.